The fourth-order valence-electron chi connectivity index (χ4n) is 3.56. The number of aromatic nitrogens is 2. The maximum absolute atomic E-state index is 13.1. The second-order valence-corrected chi connectivity index (χ2v) is 9.47. The van der Waals surface area contributed by atoms with Crippen LogP contribution >= 0.6 is 0 Å². The van der Waals surface area contributed by atoms with Crippen LogP contribution in [0.3, 0.4) is 0 Å². The lowest BCUT2D eigenvalue weighted by Crippen LogP contribution is -2.25. The Balaban J connectivity index is 0.00000280. The maximum Gasteiger partial charge on any atom is 0.277 e. The lowest BCUT2D eigenvalue weighted by molar-refractivity contribution is 0.103. The number of carbonyl (C=O) groups is 1. The summed E-state index contributed by atoms with van der Waals surface area (Å²) in [6, 6.07) is 2.98. The molecule has 154 valence electrons. The molecule has 1 heterocycles. The molecular weight excluding hydrogens is 378 g/mol. The molecule has 0 amide bonds. The molecule has 0 unspecified atom stereocenters. The molecule has 1 N–H and O–H groups in total. The quantitative estimate of drug-likeness (QED) is 0.743. The number of H-pyrrole nitrogens is 1. The molecule has 2 aromatic rings. The van der Waals surface area contributed by atoms with E-state index in [1.807, 2.05) is 11.9 Å². The van der Waals surface area contributed by atoms with Crippen LogP contribution in [-0.4, -0.2) is 43.8 Å². The standard InChI is InChI=1S/C19H25N3O4S.CH4/c1-11-14(18(23)16-12(2)20-22(4)19(16)24)8-9-15(27(5,25)26)17(11)21(3)10-13-6-7-13;/h8-9,13,20H,6-7,10H2,1-5H3;1H4. The molecule has 28 heavy (non-hydrogen) atoms. The van der Waals surface area contributed by atoms with Crippen molar-refractivity contribution in [1.29, 1.82) is 0 Å². The predicted octanol–water partition coefficient (Wildman–Crippen LogP) is 2.45. The van der Waals surface area contributed by atoms with E-state index in [-0.39, 0.29) is 17.9 Å². The Kier molecular flexibility index (Phi) is 5.94. The molecule has 8 heteroatoms. The fourth-order valence-corrected chi connectivity index (χ4v) is 4.54. The zero-order valence-electron chi connectivity index (χ0n) is 16.3. The van der Waals surface area contributed by atoms with Crippen LogP contribution in [0.5, 0.6) is 0 Å². The summed E-state index contributed by atoms with van der Waals surface area (Å²) < 4.78 is 25.9. The number of rotatable bonds is 6. The van der Waals surface area contributed by atoms with Crippen molar-refractivity contribution in [2.45, 2.75) is 39.0 Å². The summed E-state index contributed by atoms with van der Waals surface area (Å²) in [6.45, 7) is 4.16. The van der Waals surface area contributed by atoms with Gasteiger partial charge in [-0.25, -0.2) is 8.42 Å². The second-order valence-electron chi connectivity index (χ2n) is 7.49. The zero-order chi connectivity index (χ0) is 20.1. The van der Waals surface area contributed by atoms with Crippen LogP contribution < -0.4 is 10.5 Å². The van der Waals surface area contributed by atoms with Gasteiger partial charge in [-0.2, -0.15) is 0 Å². The third-order valence-corrected chi connectivity index (χ3v) is 6.23. The summed E-state index contributed by atoms with van der Waals surface area (Å²) in [6.07, 6.45) is 3.44. The van der Waals surface area contributed by atoms with Gasteiger partial charge in [-0.1, -0.05) is 7.43 Å². The molecule has 1 aliphatic rings. The van der Waals surface area contributed by atoms with Crippen LogP contribution in [-0.2, 0) is 16.9 Å². The van der Waals surface area contributed by atoms with Crippen molar-refractivity contribution >= 4 is 21.3 Å². The molecule has 7 nitrogen and oxygen atoms in total. The molecule has 0 saturated heterocycles. The number of hydrogen-bond donors (Lipinski definition) is 1. The van der Waals surface area contributed by atoms with Gasteiger partial charge in [-0.15, -0.1) is 0 Å². The van der Waals surface area contributed by atoms with E-state index in [4.69, 9.17) is 0 Å². The van der Waals surface area contributed by atoms with Crippen molar-refractivity contribution in [3.8, 4) is 0 Å². The average molecular weight is 408 g/mol. The summed E-state index contributed by atoms with van der Waals surface area (Å²) in [4.78, 5) is 27.5. The highest BCUT2D eigenvalue weighted by Gasteiger charge is 2.29. The molecule has 1 aromatic heterocycles. The Morgan fingerprint density at radius 1 is 1.29 bits per heavy atom. The van der Waals surface area contributed by atoms with E-state index in [2.05, 4.69) is 5.10 Å². The van der Waals surface area contributed by atoms with Crippen LogP contribution in [0.1, 0.15) is 47.4 Å². The summed E-state index contributed by atoms with van der Waals surface area (Å²) in [7, 11) is -0.0532. The molecule has 3 rings (SSSR count). The topological polar surface area (TPSA) is 92.2 Å². The molecule has 0 radical (unpaired) electrons. The molecular formula is C20H29N3O4S. The third-order valence-electron chi connectivity index (χ3n) is 5.10. The molecule has 1 aromatic carbocycles. The highest BCUT2D eigenvalue weighted by molar-refractivity contribution is 7.90. The predicted molar refractivity (Wildman–Crippen MR) is 111 cm³/mol. The zero-order valence-corrected chi connectivity index (χ0v) is 17.1. The summed E-state index contributed by atoms with van der Waals surface area (Å²) in [5.41, 5.74) is 1.65. The molecule has 1 fully saturated rings. The Hall–Kier alpha value is -2.35. The van der Waals surface area contributed by atoms with Crippen molar-refractivity contribution < 1.29 is 13.2 Å². The van der Waals surface area contributed by atoms with Crippen molar-refractivity contribution in [1.82, 2.24) is 9.78 Å². The number of sulfone groups is 1. The summed E-state index contributed by atoms with van der Waals surface area (Å²) >= 11 is 0. The van der Waals surface area contributed by atoms with Crippen molar-refractivity contribution in [3.63, 3.8) is 0 Å². The average Bonchev–Trinajstić information content (AvgIpc) is 3.32. The number of ketones is 1. The van der Waals surface area contributed by atoms with Gasteiger partial charge in [0.1, 0.15) is 5.56 Å². The van der Waals surface area contributed by atoms with Gasteiger partial charge in [-0.3, -0.25) is 19.4 Å². The summed E-state index contributed by atoms with van der Waals surface area (Å²) in [5.74, 6) is 0.161. The number of carbonyl (C=O) groups excluding carboxylic acids is 1. The minimum Gasteiger partial charge on any atom is -0.373 e. The van der Waals surface area contributed by atoms with E-state index >= 15 is 0 Å². The van der Waals surface area contributed by atoms with E-state index in [9.17, 15) is 18.0 Å². The molecule has 0 spiro atoms. The van der Waals surface area contributed by atoms with Gasteiger partial charge in [-0.05, 0) is 50.3 Å². The molecule has 1 saturated carbocycles. The van der Waals surface area contributed by atoms with Gasteiger partial charge in [0.15, 0.2) is 9.84 Å². The van der Waals surface area contributed by atoms with E-state index in [0.29, 0.717) is 28.4 Å². The Morgan fingerprint density at radius 2 is 1.89 bits per heavy atom. The molecule has 0 bridgehead atoms. The Labute approximate surface area is 166 Å². The van der Waals surface area contributed by atoms with Crippen LogP contribution in [0.2, 0.25) is 0 Å². The lowest BCUT2D eigenvalue weighted by atomic mass is 9.97. The minimum absolute atomic E-state index is 0. The van der Waals surface area contributed by atoms with Gasteiger partial charge in [0.25, 0.3) is 5.56 Å². The molecule has 0 aliphatic heterocycles. The van der Waals surface area contributed by atoms with Crippen LogP contribution in [0.15, 0.2) is 21.8 Å². The lowest BCUT2D eigenvalue weighted by Gasteiger charge is -2.25. The number of nitrogens with zero attached hydrogens (tertiary/aromatic N) is 2. The number of aromatic amines is 1. The highest BCUT2D eigenvalue weighted by atomic mass is 32.2. The first kappa shape index (κ1) is 21.9. The van der Waals surface area contributed by atoms with Gasteiger partial charge in [0, 0.05) is 38.2 Å². The van der Waals surface area contributed by atoms with Gasteiger partial charge in [0.2, 0.25) is 5.78 Å². The Morgan fingerprint density at radius 3 is 2.36 bits per heavy atom. The number of anilines is 1. The second kappa shape index (κ2) is 7.58. The van der Waals surface area contributed by atoms with Gasteiger partial charge < -0.3 is 4.90 Å². The van der Waals surface area contributed by atoms with E-state index < -0.39 is 21.2 Å². The highest BCUT2D eigenvalue weighted by Crippen LogP contribution is 2.36. The number of hydrogen-bond acceptors (Lipinski definition) is 5. The fraction of sp³-hybridized carbons (Fsp3) is 0.500. The first-order chi connectivity index (χ1) is 12.5. The molecule has 1 aliphatic carbocycles. The smallest absolute Gasteiger partial charge is 0.277 e. The van der Waals surface area contributed by atoms with Crippen LogP contribution in [0.4, 0.5) is 5.69 Å². The normalized spacial score (nSPS) is 13.9. The Bertz CT molecular complexity index is 1080. The van der Waals surface area contributed by atoms with Crippen molar-refractivity contribution in [2.24, 2.45) is 13.0 Å². The largest absolute Gasteiger partial charge is 0.373 e. The van der Waals surface area contributed by atoms with Gasteiger partial charge >= 0.3 is 0 Å². The monoisotopic (exact) mass is 407 g/mol. The SMILES string of the molecule is C.Cc1[nH]n(C)c(=O)c1C(=O)c1ccc(S(C)(=O)=O)c(N(C)CC2CC2)c1C. The first-order valence-corrected chi connectivity index (χ1v) is 10.8. The van der Waals surface area contributed by atoms with Crippen molar-refractivity contribution in [2.75, 3.05) is 24.7 Å². The maximum atomic E-state index is 13.1. The van der Waals surface area contributed by atoms with Crippen molar-refractivity contribution in [3.05, 3.63) is 44.9 Å². The number of aryl methyl sites for hydroxylation is 2. The molecule has 0 atom stereocenters. The number of nitrogens with one attached hydrogen (secondary N) is 1. The summed E-state index contributed by atoms with van der Waals surface area (Å²) in [5, 5.41) is 2.83. The van der Waals surface area contributed by atoms with E-state index in [0.717, 1.165) is 19.4 Å². The third kappa shape index (κ3) is 3.92. The van der Waals surface area contributed by atoms with Gasteiger partial charge in [0.05, 0.1) is 10.6 Å². The minimum atomic E-state index is -3.46. The number of benzene rings is 1. The van der Waals surface area contributed by atoms with Crippen LogP contribution in [0.25, 0.3) is 0 Å². The van der Waals surface area contributed by atoms with Crippen LogP contribution in [0, 0.1) is 19.8 Å². The van der Waals surface area contributed by atoms with E-state index in [1.165, 1.54) is 23.1 Å². The first-order valence-electron chi connectivity index (χ1n) is 8.87. The van der Waals surface area contributed by atoms with E-state index in [1.54, 1.807) is 20.9 Å².